The van der Waals surface area contributed by atoms with Gasteiger partial charge < -0.3 is 15.4 Å². The van der Waals surface area contributed by atoms with Gasteiger partial charge in [0.15, 0.2) is 0 Å². The Morgan fingerprint density at radius 2 is 1.96 bits per heavy atom. The summed E-state index contributed by atoms with van der Waals surface area (Å²) in [5.41, 5.74) is 1.59. The lowest BCUT2D eigenvalue weighted by molar-refractivity contribution is -0.136. The number of rotatable bonds is 8. The van der Waals surface area contributed by atoms with Crippen LogP contribution in [0.5, 0.6) is 0 Å². The van der Waals surface area contributed by atoms with Crippen molar-refractivity contribution in [3.8, 4) is 0 Å². The molecule has 0 atom stereocenters. The first-order valence-corrected chi connectivity index (χ1v) is 9.66. The van der Waals surface area contributed by atoms with Gasteiger partial charge in [0.05, 0.1) is 19.8 Å². The molecule has 8 heteroatoms. The number of morpholine rings is 1. The van der Waals surface area contributed by atoms with E-state index in [4.69, 9.17) is 4.74 Å². The standard InChI is InChI=1S/C20H27N5O3/c26-19(21-7-1-2-9-24-11-13-28-14-12-24)20(27)23-18-6-3-5-17(15-18)16-25-10-4-8-22-25/h3-6,8,10,15H,1-2,7,9,11-14,16H2,(H,21,26)(H,23,27). The Hall–Kier alpha value is -2.71. The quantitative estimate of drug-likeness (QED) is 0.525. The average molecular weight is 385 g/mol. The second-order valence-corrected chi connectivity index (χ2v) is 6.78. The van der Waals surface area contributed by atoms with E-state index in [0.717, 1.165) is 51.3 Å². The van der Waals surface area contributed by atoms with Gasteiger partial charge in [-0.2, -0.15) is 5.10 Å². The van der Waals surface area contributed by atoms with Gasteiger partial charge in [-0.1, -0.05) is 12.1 Å². The third kappa shape index (κ3) is 6.47. The van der Waals surface area contributed by atoms with E-state index in [-0.39, 0.29) is 0 Å². The Balaban J connectivity index is 1.36. The van der Waals surface area contributed by atoms with Crippen LogP contribution in [-0.2, 0) is 20.9 Å². The number of nitrogens with one attached hydrogen (secondary N) is 2. The zero-order valence-electron chi connectivity index (χ0n) is 16.0. The van der Waals surface area contributed by atoms with Crippen LogP contribution in [0.25, 0.3) is 0 Å². The van der Waals surface area contributed by atoms with E-state index in [1.807, 2.05) is 30.5 Å². The molecule has 2 aromatic rings. The molecular weight excluding hydrogens is 358 g/mol. The first-order valence-electron chi connectivity index (χ1n) is 9.66. The highest BCUT2D eigenvalue weighted by atomic mass is 16.5. The molecule has 0 bridgehead atoms. The van der Waals surface area contributed by atoms with Gasteiger partial charge in [0, 0.05) is 37.7 Å². The molecule has 0 radical (unpaired) electrons. The predicted molar refractivity (Wildman–Crippen MR) is 106 cm³/mol. The minimum atomic E-state index is -0.649. The van der Waals surface area contributed by atoms with Crippen LogP contribution in [-0.4, -0.2) is 65.9 Å². The summed E-state index contributed by atoms with van der Waals surface area (Å²) >= 11 is 0. The van der Waals surface area contributed by atoms with E-state index in [0.29, 0.717) is 18.8 Å². The summed E-state index contributed by atoms with van der Waals surface area (Å²) < 4.78 is 7.12. The van der Waals surface area contributed by atoms with Crippen LogP contribution in [0.2, 0.25) is 0 Å². The van der Waals surface area contributed by atoms with E-state index in [9.17, 15) is 9.59 Å². The highest BCUT2D eigenvalue weighted by Crippen LogP contribution is 2.11. The van der Waals surface area contributed by atoms with Crippen LogP contribution >= 0.6 is 0 Å². The zero-order valence-corrected chi connectivity index (χ0v) is 16.0. The minimum absolute atomic E-state index is 0.496. The number of ether oxygens (including phenoxy) is 1. The van der Waals surface area contributed by atoms with Crippen molar-refractivity contribution in [2.24, 2.45) is 0 Å². The van der Waals surface area contributed by atoms with Crippen LogP contribution in [0.1, 0.15) is 18.4 Å². The Kier molecular flexibility index (Phi) is 7.57. The third-order valence-electron chi connectivity index (χ3n) is 4.59. The largest absolute Gasteiger partial charge is 0.379 e. The van der Waals surface area contributed by atoms with E-state index in [1.54, 1.807) is 16.9 Å². The molecule has 1 aliphatic heterocycles. The number of carbonyl (C=O) groups is 2. The number of carbonyl (C=O) groups excluding carboxylic acids is 2. The van der Waals surface area contributed by atoms with Crippen molar-refractivity contribution in [1.82, 2.24) is 20.0 Å². The Morgan fingerprint density at radius 3 is 2.75 bits per heavy atom. The summed E-state index contributed by atoms with van der Waals surface area (Å²) in [4.78, 5) is 26.4. The molecule has 150 valence electrons. The first-order chi connectivity index (χ1) is 13.7. The lowest BCUT2D eigenvalue weighted by Gasteiger charge is -2.26. The molecule has 1 saturated heterocycles. The SMILES string of the molecule is O=C(NCCCCN1CCOCC1)C(=O)Nc1cccc(Cn2cccn2)c1. The van der Waals surface area contributed by atoms with Gasteiger partial charge in [-0.25, -0.2) is 0 Å². The second-order valence-electron chi connectivity index (χ2n) is 6.78. The van der Waals surface area contributed by atoms with Gasteiger partial charge >= 0.3 is 11.8 Å². The van der Waals surface area contributed by atoms with Gasteiger partial charge in [-0.15, -0.1) is 0 Å². The molecular formula is C20H27N5O3. The monoisotopic (exact) mass is 385 g/mol. The lowest BCUT2D eigenvalue weighted by atomic mass is 10.2. The van der Waals surface area contributed by atoms with E-state index >= 15 is 0 Å². The van der Waals surface area contributed by atoms with Crippen LogP contribution in [0.4, 0.5) is 5.69 Å². The molecule has 0 unspecified atom stereocenters. The van der Waals surface area contributed by atoms with Crippen molar-refractivity contribution in [3.05, 3.63) is 48.3 Å². The molecule has 2 N–H and O–H groups in total. The summed E-state index contributed by atoms with van der Waals surface area (Å²) in [5.74, 6) is -1.26. The summed E-state index contributed by atoms with van der Waals surface area (Å²) in [6.45, 7) is 5.61. The summed E-state index contributed by atoms with van der Waals surface area (Å²) in [6.07, 6.45) is 5.42. The highest BCUT2D eigenvalue weighted by Gasteiger charge is 2.14. The van der Waals surface area contributed by atoms with Gasteiger partial charge in [0.1, 0.15) is 0 Å². The van der Waals surface area contributed by atoms with Crippen molar-refractivity contribution in [2.45, 2.75) is 19.4 Å². The van der Waals surface area contributed by atoms with Gasteiger partial charge in [-0.3, -0.25) is 19.2 Å². The molecule has 1 fully saturated rings. The maximum atomic E-state index is 12.1. The molecule has 1 aliphatic rings. The number of nitrogens with zero attached hydrogens (tertiary/aromatic N) is 3. The first kappa shape index (κ1) is 20.0. The Bertz CT molecular complexity index is 757. The molecule has 0 aliphatic carbocycles. The fourth-order valence-corrected chi connectivity index (χ4v) is 3.08. The Morgan fingerprint density at radius 1 is 1.11 bits per heavy atom. The van der Waals surface area contributed by atoms with Crippen molar-refractivity contribution in [2.75, 3.05) is 44.7 Å². The van der Waals surface area contributed by atoms with Gasteiger partial charge in [-0.05, 0) is 43.1 Å². The smallest absolute Gasteiger partial charge is 0.313 e. The van der Waals surface area contributed by atoms with Crippen molar-refractivity contribution >= 4 is 17.5 Å². The topological polar surface area (TPSA) is 88.5 Å². The maximum Gasteiger partial charge on any atom is 0.313 e. The molecule has 2 amide bonds. The predicted octanol–water partition coefficient (Wildman–Crippen LogP) is 1.10. The van der Waals surface area contributed by atoms with Crippen LogP contribution in [0.3, 0.4) is 0 Å². The minimum Gasteiger partial charge on any atom is -0.379 e. The number of hydrogen-bond donors (Lipinski definition) is 2. The molecule has 3 rings (SSSR count). The second kappa shape index (κ2) is 10.6. The number of hydrogen-bond acceptors (Lipinski definition) is 5. The number of aromatic nitrogens is 2. The van der Waals surface area contributed by atoms with Gasteiger partial charge in [0.25, 0.3) is 0 Å². The Labute approximate surface area is 164 Å². The average Bonchev–Trinajstić information content (AvgIpc) is 3.21. The maximum absolute atomic E-state index is 12.1. The van der Waals surface area contributed by atoms with Crippen molar-refractivity contribution < 1.29 is 14.3 Å². The number of anilines is 1. The fourth-order valence-electron chi connectivity index (χ4n) is 3.08. The molecule has 1 aromatic heterocycles. The molecule has 2 heterocycles. The number of amides is 2. The number of unbranched alkanes of at least 4 members (excludes halogenated alkanes) is 1. The highest BCUT2D eigenvalue weighted by molar-refractivity contribution is 6.39. The van der Waals surface area contributed by atoms with E-state index in [1.165, 1.54) is 0 Å². The fraction of sp³-hybridized carbons (Fsp3) is 0.450. The van der Waals surface area contributed by atoms with E-state index in [2.05, 4.69) is 20.6 Å². The van der Waals surface area contributed by atoms with E-state index < -0.39 is 11.8 Å². The van der Waals surface area contributed by atoms with Crippen molar-refractivity contribution in [3.63, 3.8) is 0 Å². The summed E-state index contributed by atoms with van der Waals surface area (Å²) in [7, 11) is 0. The molecule has 8 nitrogen and oxygen atoms in total. The molecule has 0 saturated carbocycles. The lowest BCUT2D eigenvalue weighted by Crippen LogP contribution is -2.38. The summed E-state index contributed by atoms with van der Waals surface area (Å²) in [5, 5.41) is 9.50. The molecule has 28 heavy (non-hydrogen) atoms. The summed E-state index contributed by atoms with van der Waals surface area (Å²) in [6, 6.07) is 9.26. The van der Waals surface area contributed by atoms with Gasteiger partial charge in [0.2, 0.25) is 0 Å². The normalized spacial score (nSPS) is 14.6. The van der Waals surface area contributed by atoms with Crippen LogP contribution < -0.4 is 10.6 Å². The molecule has 0 spiro atoms. The third-order valence-corrected chi connectivity index (χ3v) is 4.59. The van der Waals surface area contributed by atoms with Crippen LogP contribution in [0.15, 0.2) is 42.7 Å². The molecule has 1 aromatic carbocycles. The zero-order chi connectivity index (χ0) is 19.6. The number of benzene rings is 1. The van der Waals surface area contributed by atoms with Crippen LogP contribution in [0, 0.1) is 0 Å². The van der Waals surface area contributed by atoms with Crippen molar-refractivity contribution in [1.29, 1.82) is 0 Å².